The summed E-state index contributed by atoms with van der Waals surface area (Å²) in [5.41, 5.74) is 0. The number of likely N-dealkylation sites (tertiary alicyclic amines) is 1. The SMILES string of the molecule is CC[C@H]1NC(=O)[C@H]([C@@H]2[C@H](C)CCN2C)N(C)C(=O)[C@@H](C(C)C)N(C)C(=O)[C@@H](CC(C)C)N(C)C(=O)[C@H](CC(C)C)N(C)C(=O)[C@H](C)CC(=O)[C@@H](C)NC(=O)[C@@H](CC(C)C)N(C)C(=O)[C@@H](C(C)C)NC(=O)[C@H](CC(C)C)N(C)C(=O)[C@@H](C)N(C)C1=O. The Labute approximate surface area is 510 Å². The van der Waals surface area contributed by atoms with E-state index in [-0.39, 0.29) is 68.1 Å². The molecule has 486 valence electrons. The van der Waals surface area contributed by atoms with E-state index >= 15 is 19.2 Å². The van der Waals surface area contributed by atoms with Gasteiger partial charge in [0.1, 0.15) is 54.4 Å². The zero-order chi connectivity index (χ0) is 65.7. The van der Waals surface area contributed by atoms with Crippen molar-refractivity contribution in [3.8, 4) is 0 Å². The molecule has 85 heavy (non-hydrogen) atoms. The van der Waals surface area contributed by atoms with Crippen LogP contribution in [0.15, 0.2) is 0 Å². The molecule has 0 unspecified atom stereocenters. The van der Waals surface area contributed by atoms with Crippen molar-refractivity contribution in [1.82, 2.24) is 55.1 Å². The Morgan fingerprint density at radius 3 is 1.28 bits per heavy atom. The highest BCUT2D eigenvalue weighted by Crippen LogP contribution is 2.30. The molecule has 10 amide bonds. The van der Waals surface area contributed by atoms with Crippen LogP contribution in [-0.4, -0.2) is 233 Å². The number of rotatable bonds is 12. The lowest BCUT2D eigenvalue weighted by Gasteiger charge is -2.42. The second-order valence-corrected chi connectivity index (χ2v) is 27.3. The molecule has 0 aromatic carbocycles. The molecule has 0 radical (unpaired) electrons. The van der Waals surface area contributed by atoms with E-state index in [4.69, 9.17) is 0 Å². The van der Waals surface area contributed by atoms with E-state index in [1.54, 1.807) is 41.5 Å². The highest BCUT2D eigenvalue weighted by Gasteiger charge is 2.48. The number of hydrogen-bond donors (Lipinski definition) is 3. The Hall–Kier alpha value is -5.67. The average molecular weight is 1200 g/mol. The normalized spacial score (nSPS) is 29.9. The summed E-state index contributed by atoms with van der Waals surface area (Å²) in [6.07, 6.45) is 1.31. The molecule has 0 saturated carbocycles. The number of ketones is 1. The fourth-order valence-corrected chi connectivity index (χ4v) is 12.0. The molecule has 2 rings (SSSR count). The Morgan fingerprint density at radius 1 is 0.435 bits per heavy atom. The molecule has 0 spiro atoms. The summed E-state index contributed by atoms with van der Waals surface area (Å²) in [7, 11) is 12.3. The monoisotopic (exact) mass is 1200 g/mol. The van der Waals surface area contributed by atoms with Crippen LogP contribution >= 0.6 is 0 Å². The molecule has 2 aliphatic rings. The summed E-state index contributed by atoms with van der Waals surface area (Å²) in [5, 5.41) is 8.63. The molecular formula is C63H113N11O11. The number of nitrogens with zero attached hydrogens (tertiary/aromatic N) is 8. The van der Waals surface area contributed by atoms with E-state index < -0.39 is 149 Å². The second kappa shape index (κ2) is 32.9. The topological polar surface area (TPSA) is 250 Å². The van der Waals surface area contributed by atoms with Crippen molar-refractivity contribution in [3.05, 3.63) is 0 Å². The van der Waals surface area contributed by atoms with Crippen LogP contribution in [0.3, 0.4) is 0 Å². The number of amides is 10. The van der Waals surface area contributed by atoms with Crippen LogP contribution in [0, 0.1) is 47.3 Å². The smallest absolute Gasteiger partial charge is 0.246 e. The minimum absolute atomic E-state index is 0.0828. The van der Waals surface area contributed by atoms with Crippen molar-refractivity contribution in [3.63, 3.8) is 0 Å². The second-order valence-electron chi connectivity index (χ2n) is 27.3. The molecular weight excluding hydrogens is 1090 g/mol. The lowest BCUT2D eigenvalue weighted by Crippen LogP contribution is -2.64. The van der Waals surface area contributed by atoms with E-state index in [2.05, 4.69) is 16.0 Å². The Morgan fingerprint density at radius 2 is 0.859 bits per heavy atom. The van der Waals surface area contributed by atoms with Crippen LogP contribution in [0.4, 0.5) is 0 Å². The fraction of sp³-hybridized carbons (Fsp3) is 0.825. The van der Waals surface area contributed by atoms with Crippen LogP contribution in [0.1, 0.15) is 163 Å². The van der Waals surface area contributed by atoms with E-state index in [1.165, 1.54) is 97.5 Å². The predicted molar refractivity (Wildman–Crippen MR) is 330 cm³/mol. The number of Topliss-reactive ketones (excluding diaryl/α,β-unsaturated/α-hetero) is 1. The van der Waals surface area contributed by atoms with E-state index in [1.807, 2.05) is 74.3 Å². The largest absolute Gasteiger partial charge is 0.345 e. The molecule has 0 aromatic heterocycles. The summed E-state index contributed by atoms with van der Waals surface area (Å²) in [4.78, 5) is 173. The van der Waals surface area contributed by atoms with Crippen LogP contribution in [0.5, 0.6) is 0 Å². The number of carbonyl (C=O) groups is 11. The van der Waals surface area contributed by atoms with Crippen molar-refractivity contribution in [2.45, 2.75) is 229 Å². The van der Waals surface area contributed by atoms with Crippen LogP contribution < -0.4 is 16.0 Å². The highest BCUT2D eigenvalue weighted by molar-refractivity contribution is 6.00. The number of hydrogen-bond acceptors (Lipinski definition) is 12. The zero-order valence-electron chi connectivity index (χ0n) is 56.7. The molecule has 0 aliphatic carbocycles. The van der Waals surface area contributed by atoms with Gasteiger partial charge in [-0.15, -0.1) is 0 Å². The van der Waals surface area contributed by atoms with Crippen molar-refractivity contribution in [2.24, 2.45) is 47.3 Å². The van der Waals surface area contributed by atoms with Gasteiger partial charge in [0.25, 0.3) is 0 Å². The lowest BCUT2D eigenvalue weighted by atomic mass is 9.91. The highest BCUT2D eigenvalue weighted by atomic mass is 16.2. The molecule has 13 atom stereocenters. The van der Waals surface area contributed by atoms with Crippen LogP contribution in [-0.2, 0) is 52.7 Å². The fourth-order valence-electron chi connectivity index (χ4n) is 12.0. The predicted octanol–water partition coefficient (Wildman–Crippen LogP) is 4.13. The van der Waals surface area contributed by atoms with Gasteiger partial charge in [0.15, 0.2) is 5.78 Å². The van der Waals surface area contributed by atoms with E-state index in [0.29, 0.717) is 6.54 Å². The third-order valence-electron chi connectivity index (χ3n) is 17.6. The van der Waals surface area contributed by atoms with Gasteiger partial charge in [-0.2, -0.15) is 0 Å². The first kappa shape index (κ1) is 75.4. The van der Waals surface area contributed by atoms with E-state index in [0.717, 1.165) is 6.42 Å². The quantitative estimate of drug-likeness (QED) is 0.250. The van der Waals surface area contributed by atoms with Crippen molar-refractivity contribution < 1.29 is 52.7 Å². The summed E-state index contributed by atoms with van der Waals surface area (Å²) < 4.78 is 0. The third-order valence-corrected chi connectivity index (χ3v) is 17.6. The van der Waals surface area contributed by atoms with Gasteiger partial charge in [-0.25, -0.2) is 0 Å². The minimum atomic E-state index is -1.16. The van der Waals surface area contributed by atoms with Gasteiger partial charge in [0.2, 0.25) is 59.1 Å². The first-order chi connectivity index (χ1) is 39.2. The number of nitrogens with one attached hydrogen (secondary N) is 3. The Kier molecular flexibility index (Phi) is 29.2. The van der Waals surface area contributed by atoms with Gasteiger partial charge >= 0.3 is 0 Å². The van der Waals surface area contributed by atoms with Gasteiger partial charge in [-0.1, -0.05) is 104 Å². The summed E-state index contributed by atoms with van der Waals surface area (Å²) in [6, 6.07) is -11.7. The van der Waals surface area contributed by atoms with Crippen molar-refractivity contribution in [2.75, 3.05) is 62.9 Å². The number of carbonyl (C=O) groups excluding carboxylic acids is 11. The maximum Gasteiger partial charge on any atom is 0.246 e. The molecule has 2 aliphatic heterocycles. The van der Waals surface area contributed by atoms with Crippen molar-refractivity contribution >= 4 is 64.9 Å². The van der Waals surface area contributed by atoms with Gasteiger partial charge in [-0.3, -0.25) is 52.7 Å². The van der Waals surface area contributed by atoms with Crippen LogP contribution in [0.25, 0.3) is 0 Å². The average Bonchev–Trinajstić information content (AvgIpc) is 3.33. The Bertz CT molecular complexity index is 2330. The molecule has 0 bridgehead atoms. The lowest BCUT2D eigenvalue weighted by molar-refractivity contribution is -0.156. The first-order valence-electron chi connectivity index (χ1n) is 31.2. The van der Waals surface area contributed by atoms with Gasteiger partial charge in [0, 0.05) is 67.7 Å². The maximum absolute atomic E-state index is 15.3. The zero-order valence-corrected chi connectivity index (χ0v) is 56.7. The van der Waals surface area contributed by atoms with Crippen LogP contribution in [0.2, 0.25) is 0 Å². The van der Waals surface area contributed by atoms with Gasteiger partial charge in [0.05, 0.1) is 6.04 Å². The third kappa shape index (κ3) is 19.4. The maximum atomic E-state index is 15.3. The molecule has 2 saturated heterocycles. The van der Waals surface area contributed by atoms with Gasteiger partial charge < -0.3 is 55.1 Å². The molecule has 22 heteroatoms. The van der Waals surface area contributed by atoms with Crippen molar-refractivity contribution in [1.29, 1.82) is 0 Å². The molecule has 2 fully saturated rings. The summed E-state index contributed by atoms with van der Waals surface area (Å²) in [5.74, 6) is -8.64. The Balaban J connectivity index is 2.98. The molecule has 22 nitrogen and oxygen atoms in total. The molecule has 2 heterocycles. The van der Waals surface area contributed by atoms with Gasteiger partial charge in [-0.05, 0) is 107 Å². The first-order valence-corrected chi connectivity index (χ1v) is 31.2. The molecule has 3 N–H and O–H groups in total. The molecule has 0 aromatic rings. The standard InChI is InChI=1S/C63H113N11O11/c1-26-44-59(81)68(19)43(17)58(80)69(20)46(30-35(4)5)55(77)66-50(38(10)11)62(84)70(21)45(29-34(2)3)54(76)64-42(16)49(75)33-41(15)57(79)71(22)47(31-36(6)7)60(82)72(23)48(32-37(8)9)61(83)73(24)51(39(12)13)63(85)74(25)53(56(78)65-44)52-40(14)27-28-67(52)18/h34-48,50-53H,26-33H2,1-25H3,(H,64,76)(H,65,78)(H,66,77)/t40-,41-,42-,43-,44-,45-,46+,47+,48-,50-,51-,52+,53+/m1/s1. The minimum Gasteiger partial charge on any atom is -0.345 e. The number of likely N-dealkylation sites (N-methyl/N-ethyl adjacent to an activating group) is 8. The van der Waals surface area contributed by atoms with E-state index in [9.17, 15) is 33.6 Å². The summed E-state index contributed by atoms with van der Waals surface area (Å²) in [6.45, 7) is 31.2. The summed E-state index contributed by atoms with van der Waals surface area (Å²) >= 11 is 0.